The fourth-order valence-electron chi connectivity index (χ4n) is 1.44. The van der Waals surface area contributed by atoms with Crippen LogP contribution in [0.25, 0.3) is 0 Å². The van der Waals surface area contributed by atoms with Crippen LogP contribution in [0.2, 0.25) is 0 Å². The molecule has 1 heterocycles. The Balaban J connectivity index is 2.02. The third kappa shape index (κ3) is 3.19. The number of benzene rings is 1. The molecule has 20 heavy (non-hydrogen) atoms. The van der Waals surface area contributed by atoms with E-state index < -0.39 is 23.4 Å². The first-order chi connectivity index (χ1) is 9.60. The molecular formula is C13H11F2N3O2. The zero-order valence-corrected chi connectivity index (χ0v) is 10.5. The zero-order valence-electron chi connectivity index (χ0n) is 10.5. The first-order valence-corrected chi connectivity index (χ1v) is 5.62. The molecule has 0 spiro atoms. The second-order valence-corrected chi connectivity index (χ2v) is 3.77. The van der Waals surface area contributed by atoms with Crippen LogP contribution in [0.5, 0.6) is 5.75 Å². The van der Waals surface area contributed by atoms with E-state index >= 15 is 0 Å². The highest BCUT2D eigenvalue weighted by molar-refractivity contribution is 5.93. The summed E-state index contributed by atoms with van der Waals surface area (Å²) in [6, 6.07) is 8.32. The Morgan fingerprint density at radius 3 is 2.50 bits per heavy atom. The highest BCUT2D eigenvalue weighted by Crippen LogP contribution is 2.14. The lowest BCUT2D eigenvalue weighted by molar-refractivity contribution is 0.0952. The summed E-state index contributed by atoms with van der Waals surface area (Å²) in [4.78, 5) is 14.8. The summed E-state index contributed by atoms with van der Waals surface area (Å²) in [6.45, 7) is 0. The van der Waals surface area contributed by atoms with Crippen molar-refractivity contribution in [3.05, 3.63) is 53.9 Å². The second kappa shape index (κ2) is 5.96. The number of ether oxygens (including phenoxy) is 1. The maximum Gasteiger partial charge on any atom is 0.291 e. The summed E-state index contributed by atoms with van der Waals surface area (Å²) in [7, 11) is 1.53. The van der Waals surface area contributed by atoms with Crippen LogP contribution in [0.1, 0.15) is 10.5 Å². The van der Waals surface area contributed by atoms with Crippen molar-refractivity contribution in [2.24, 2.45) is 0 Å². The molecule has 1 aromatic heterocycles. The van der Waals surface area contributed by atoms with Crippen molar-refractivity contribution in [1.82, 2.24) is 10.4 Å². The van der Waals surface area contributed by atoms with Gasteiger partial charge in [-0.25, -0.2) is 9.37 Å². The number of nitrogens with zero attached hydrogens (tertiary/aromatic N) is 1. The number of hydrogen-bond acceptors (Lipinski definition) is 4. The average molecular weight is 279 g/mol. The molecule has 5 nitrogen and oxygen atoms in total. The van der Waals surface area contributed by atoms with Crippen LogP contribution < -0.4 is 15.6 Å². The predicted molar refractivity (Wildman–Crippen MR) is 68.2 cm³/mol. The largest absolute Gasteiger partial charge is 0.497 e. The van der Waals surface area contributed by atoms with Crippen molar-refractivity contribution in [2.45, 2.75) is 0 Å². The molecule has 0 saturated carbocycles. The number of hydrogen-bond donors (Lipinski definition) is 2. The van der Waals surface area contributed by atoms with Gasteiger partial charge >= 0.3 is 0 Å². The molecule has 0 fully saturated rings. The molecule has 2 rings (SSSR count). The number of nitrogens with one attached hydrogen (secondary N) is 2. The average Bonchev–Trinajstić information content (AvgIpc) is 2.47. The lowest BCUT2D eigenvalue weighted by Gasteiger charge is -2.09. The summed E-state index contributed by atoms with van der Waals surface area (Å²) in [5.41, 5.74) is 4.71. The SMILES string of the molecule is COc1ccc(NNC(=O)c2nc(F)ccc2F)cc1. The molecule has 7 heteroatoms. The van der Waals surface area contributed by atoms with Gasteiger partial charge in [-0.2, -0.15) is 4.39 Å². The number of aromatic nitrogens is 1. The maximum atomic E-state index is 13.3. The number of carbonyl (C=O) groups excluding carboxylic acids is 1. The number of pyridine rings is 1. The van der Waals surface area contributed by atoms with E-state index in [1.807, 2.05) is 0 Å². The van der Waals surface area contributed by atoms with Crippen LogP contribution in [0.15, 0.2) is 36.4 Å². The lowest BCUT2D eigenvalue weighted by atomic mass is 10.3. The van der Waals surface area contributed by atoms with Gasteiger partial charge in [-0.1, -0.05) is 0 Å². The van der Waals surface area contributed by atoms with Crippen molar-refractivity contribution < 1.29 is 18.3 Å². The van der Waals surface area contributed by atoms with Gasteiger partial charge in [0, 0.05) is 0 Å². The molecule has 0 unspecified atom stereocenters. The van der Waals surface area contributed by atoms with Gasteiger partial charge in [0.2, 0.25) is 5.95 Å². The summed E-state index contributed by atoms with van der Waals surface area (Å²) < 4.78 is 31.1. The molecule has 104 valence electrons. The molecular weight excluding hydrogens is 268 g/mol. The normalized spacial score (nSPS) is 9.95. The van der Waals surface area contributed by atoms with Crippen LogP contribution in [0.4, 0.5) is 14.5 Å². The fourth-order valence-corrected chi connectivity index (χ4v) is 1.44. The van der Waals surface area contributed by atoms with Crippen LogP contribution in [0.3, 0.4) is 0 Å². The van der Waals surface area contributed by atoms with Crippen molar-refractivity contribution in [2.75, 3.05) is 12.5 Å². The van der Waals surface area contributed by atoms with Crippen LogP contribution in [0, 0.1) is 11.8 Å². The summed E-state index contributed by atoms with van der Waals surface area (Å²) in [6.07, 6.45) is 0. The molecule has 0 aliphatic heterocycles. The van der Waals surface area contributed by atoms with E-state index in [1.54, 1.807) is 24.3 Å². The summed E-state index contributed by atoms with van der Waals surface area (Å²) in [5, 5.41) is 0. The molecule has 1 aromatic carbocycles. The summed E-state index contributed by atoms with van der Waals surface area (Å²) >= 11 is 0. The van der Waals surface area contributed by atoms with Crippen LogP contribution in [-0.2, 0) is 0 Å². The van der Waals surface area contributed by atoms with Crippen LogP contribution >= 0.6 is 0 Å². The summed E-state index contributed by atoms with van der Waals surface area (Å²) in [5.74, 6) is -2.06. The fraction of sp³-hybridized carbons (Fsp3) is 0.0769. The Hall–Kier alpha value is -2.70. The van der Waals surface area contributed by atoms with E-state index in [9.17, 15) is 13.6 Å². The monoisotopic (exact) mass is 279 g/mol. The minimum Gasteiger partial charge on any atom is -0.497 e. The molecule has 0 saturated heterocycles. The van der Waals surface area contributed by atoms with Gasteiger partial charge in [0.25, 0.3) is 5.91 Å². The van der Waals surface area contributed by atoms with Gasteiger partial charge in [-0.15, -0.1) is 0 Å². The Labute approximate surface area is 113 Å². The first kappa shape index (κ1) is 13.7. The second-order valence-electron chi connectivity index (χ2n) is 3.77. The third-order valence-electron chi connectivity index (χ3n) is 2.44. The zero-order chi connectivity index (χ0) is 14.5. The Kier molecular flexibility index (Phi) is 4.09. The number of methoxy groups -OCH3 is 1. The van der Waals surface area contributed by atoms with Gasteiger partial charge < -0.3 is 4.74 Å². The number of halogens is 2. The third-order valence-corrected chi connectivity index (χ3v) is 2.44. The smallest absolute Gasteiger partial charge is 0.291 e. The van der Waals surface area contributed by atoms with E-state index in [0.29, 0.717) is 11.4 Å². The van der Waals surface area contributed by atoms with Gasteiger partial charge in [0.1, 0.15) is 5.75 Å². The van der Waals surface area contributed by atoms with Gasteiger partial charge in [0.15, 0.2) is 11.5 Å². The van der Waals surface area contributed by atoms with Gasteiger partial charge in [-0.3, -0.25) is 15.6 Å². The van der Waals surface area contributed by atoms with Gasteiger partial charge in [-0.05, 0) is 36.4 Å². The van der Waals surface area contributed by atoms with E-state index in [1.165, 1.54) is 7.11 Å². The molecule has 0 bridgehead atoms. The molecule has 1 amide bonds. The van der Waals surface area contributed by atoms with E-state index in [4.69, 9.17) is 4.74 Å². The molecule has 0 aliphatic rings. The quantitative estimate of drug-likeness (QED) is 0.664. The standard InChI is InChI=1S/C13H11F2N3O2/c1-20-9-4-2-8(3-5-9)17-18-13(19)12-10(14)6-7-11(15)16-12/h2-7,17H,1H3,(H,18,19). The van der Waals surface area contributed by atoms with Crippen LogP contribution in [-0.4, -0.2) is 18.0 Å². The minimum absolute atomic E-state index is 0.552. The topological polar surface area (TPSA) is 63.2 Å². The molecule has 0 atom stereocenters. The highest BCUT2D eigenvalue weighted by atomic mass is 19.1. The van der Waals surface area contributed by atoms with Crippen molar-refractivity contribution in [1.29, 1.82) is 0 Å². The number of rotatable bonds is 4. The predicted octanol–water partition coefficient (Wildman–Crippen LogP) is 2.13. The van der Waals surface area contributed by atoms with E-state index in [2.05, 4.69) is 15.8 Å². The number of hydrazine groups is 1. The number of amides is 1. The molecule has 2 N–H and O–H groups in total. The number of carbonyl (C=O) groups is 1. The first-order valence-electron chi connectivity index (χ1n) is 5.62. The lowest BCUT2D eigenvalue weighted by Crippen LogP contribution is -2.31. The minimum atomic E-state index is -0.930. The molecule has 0 aliphatic carbocycles. The molecule has 0 radical (unpaired) electrons. The van der Waals surface area contributed by atoms with E-state index in [-0.39, 0.29) is 0 Å². The van der Waals surface area contributed by atoms with E-state index in [0.717, 1.165) is 12.1 Å². The molecule has 2 aromatic rings. The number of anilines is 1. The Morgan fingerprint density at radius 2 is 1.85 bits per heavy atom. The Bertz CT molecular complexity index is 618. The van der Waals surface area contributed by atoms with Gasteiger partial charge in [0.05, 0.1) is 12.8 Å². The van der Waals surface area contributed by atoms with Crippen molar-refractivity contribution in [3.8, 4) is 5.75 Å². The van der Waals surface area contributed by atoms with Crippen molar-refractivity contribution in [3.63, 3.8) is 0 Å². The highest BCUT2D eigenvalue weighted by Gasteiger charge is 2.14. The maximum absolute atomic E-state index is 13.3. The Morgan fingerprint density at radius 1 is 1.15 bits per heavy atom. The van der Waals surface area contributed by atoms with Crippen molar-refractivity contribution >= 4 is 11.6 Å².